The van der Waals surface area contributed by atoms with Crippen LogP contribution in [0.2, 0.25) is 0 Å². The summed E-state index contributed by atoms with van der Waals surface area (Å²) in [4.78, 5) is 10.9. The Morgan fingerprint density at radius 2 is 2.35 bits per heavy atom. The predicted octanol–water partition coefficient (Wildman–Crippen LogP) is 2.24. The normalized spacial score (nSPS) is 23.1. The standard InChI is InChI=1S/C13H16O4/c1-16-8-17-12-5-4-9-6-11(13(14)15)3-2-10(9)7-12/h2-3,7,9H,4-6,8H2,1H3,(H,14,15). The van der Waals surface area contributed by atoms with Crippen molar-refractivity contribution in [1.29, 1.82) is 0 Å². The molecular weight excluding hydrogens is 220 g/mol. The molecule has 17 heavy (non-hydrogen) atoms. The van der Waals surface area contributed by atoms with Crippen molar-refractivity contribution in [2.75, 3.05) is 13.9 Å². The summed E-state index contributed by atoms with van der Waals surface area (Å²) in [6, 6.07) is 0. The molecule has 4 heteroatoms. The van der Waals surface area contributed by atoms with Gasteiger partial charge in [-0.15, -0.1) is 0 Å². The fourth-order valence-corrected chi connectivity index (χ4v) is 2.20. The molecule has 0 amide bonds. The summed E-state index contributed by atoms with van der Waals surface area (Å²) < 4.78 is 10.3. The number of allylic oxidation sites excluding steroid dienone is 5. The van der Waals surface area contributed by atoms with Gasteiger partial charge in [0.2, 0.25) is 0 Å². The van der Waals surface area contributed by atoms with Crippen molar-refractivity contribution in [3.8, 4) is 0 Å². The van der Waals surface area contributed by atoms with Gasteiger partial charge < -0.3 is 14.6 Å². The lowest BCUT2D eigenvalue weighted by Gasteiger charge is -2.27. The monoisotopic (exact) mass is 236 g/mol. The SMILES string of the molecule is COCOC1=CC2=CC=C(C(=O)O)CC2CC1. The molecule has 2 rings (SSSR count). The lowest BCUT2D eigenvalue weighted by molar-refractivity contribution is -0.132. The van der Waals surface area contributed by atoms with Crippen LogP contribution in [0.5, 0.6) is 0 Å². The van der Waals surface area contributed by atoms with Gasteiger partial charge in [0.15, 0.2) is 6.79 Å². The highest BCUT2D eigenvalue weighted by Gasteiger charge is 2.25. The van der Waals surface area contributed by atoms with Gasteiger partial charge in [-0.2, -0.15) is 0 Å². The zero-order valence-corrected chi connectivity index (χ0v) is 9.81. The van der Waals surface area contributed by atoms with Gasteiger partial charge in [-0.3, -0.25) is 0 Å². The minimum absolute atomic E-state index is 0.264. The van der Waals surface area contributed by atoms with Crippen LogP contribution in [0.25, 0.3) is 0 Å². The van der Waals surface area contributed by atoms with Crippen LogP contribution >= 0.6 is 0 Å². The highest BCUT2D eigenvalue weighted by atomic mass is 16.7. The highest BCUT2D eigenvalue weighted by molar-refractivity contribution is 5.87. The summed E-state index contributed by atoms with van der Waals surface area (Å²) in [7, 11) is 1.59. The Morgan fingerprint density at radius 1 is 1.53 bits per heavy atom. The molecule has 2 aliphatic carbocycles. The summed E-state index contributed by atoms with van der Waals surface area (Å²) in [5.74, 6) is 0.424. The van der Waals surface area contributed by atoms with Gasteiger partial charge in [0, 0.05) is 19.1 Å². The molecule has 0 aliphatic heterocycles. The Hall–Kier alpha value is -1.55. The number of rotatable bonds is 4. The molecule has 0 spiro atoms. The van der Waals surface area contributed by atoms with E-state index < -0.39 is 5.97 Å². The smallest absolute Gasteiger partial charge is 0.331 e. The van der Waals surface area contributed by atoms with E-state index >= 15 is 0 Å². The first-order valence-electron chi connectivity index (χ1n) is 5.67. The molecule has 0 aromatic carbocycles. The minimum Gasteiger partial charge on any atom is -0.478 e. The van der Waals surface area contributed by atoms with Crippen LogP contribution in [-0.4, -0.2) is 25.0 Å². The summed E-state index contributed by atoms with van der Waals surface area (Å²) >= 11 is 0. The number of fused-ring (bicyclic) bond motifs is 1. The third-order valence-electron chi connectivity index (χ3n) is 3.12. The molecule has 0 heterocycles. The van der Waals surface area contributed by atoms with E-state index in [0.717, 1.165) is 24.2 Å². The van der Waals surface area contributed by atoms with Gasteiger partial charge in [0.05, 0.1) is 5.76 Å². The van der Waals surface area contributed by atoms with E-state index in [9.17, 15) is 4.79 Å². The number of carboxylic acids is 1. The molecule has 0 saturated heterocycles. The Morgan fingerprint density at radius 3 is 3.06 bits per heavy atom. The van der Waals surface area contributed by atoms with Crippen LogP contribution in [0.15, 0.2) is 35.1 Å². The maximum absolute atomic E-state index is 10.9. The van der Waals surface area contributed by atoms with Crippen molar-refractivity contribution in [2.45, 2.75) is 19.3 Å². The van der Waals surface area contributed by atoms with Gasteiger partial charge >= 0.3 is 5.97 Å². The molecule has 0 aromatic rings. The van der Waals surface area contributed by atoms with Gasteiger partial charge in [0.1, 0.15) is 0 Å². The first-order chi connectivity index (χ1) is 8.20. The van der Waals surface area contributed by atoms with Crippen LogP contribution < -0.4 is 0 Å². The van der Waals surface area contributed by atoms with E-state index in [-0.39, 0.29) is 6.79 Å². The number of carboxylic acid groups (broad SMARTS) is 1. The Bertz CT molecular complexity index is 404. The van der Waals surface area contributed by atoms with E-state index in [1.807, 2.05) is 12.2 Å². The van der Waals surface area contributed by atoms with Crippen molar-refractivity contribution in [3.63, 3.8) is 0 Å². The van der Waals surface area contributed by atoms with E-state index in [1.54, 1.807) is 13.2 Å². The third kappa shape index (κ3) is 2.77. The molecule has 0 fully saturated rings. The first-order valence-corrected chi connectivity index (χ1v) is 5.67. The maximum Gasteiger partial charge on any atom is 0.331 e. The Labute approximate surface area is 100 Å². The van der Waals surface area contributed by atoms with Crippen LogP contribution in [0.4, 0.5) is 0 Å². The second kappa shape index (κ2) is 5.19. The molecule has 0 saturated carbocycles. The number of hydrogen-bond donors (Lipinski definition) is 1. The maximum atomic E-state index is 10.9. The first kappa shape index (κ1) is 11.9. The van der Waals surface area contributed by atoms with Gasteiger partial charge in [-0.05, 0) is 30.4 Å². The lowest BCUT2D eigenvalue weighted by atomic mass is 9.80. The van der Waals surface area contributed by atoms with Crippen molar-refractivity contribution in [1.82, 2.24) is 0 Å². The molecule has 1 N–H and O–H groups in total. The molecular formula is C13H16O4. The van der Waals surface area contributed by atoms with E-state index in [0.29, 0.717) is 17.9 Å². The van der Waals surface area contributed by atoms with E-state index in [2.05, 4.69) is 0 Å². The largest absolute Gasteiger partial charge is 0.478 e. The fourth-order valence-electron chi connectivity index (χ4n) is 2.20. The number of methoxy groups -OCH3 is 1. The van der Waals surface area contributed by atoms with Crippen molar-refractivity contribution >= 4 is 5.97 Å². The van der Waals surface area contributed by atoms with Crippen LogP contribution in [-0.2, 0) is 14.3 Å². The van der Waals surface area contributed by atoms with Gasteiger partial charge in [0.25, 0.3) is 0 Å². The molecule has 1 unspecified atom stereocenters. The number of hydrogen-bond acceptors (Lipinski definition) is 3. The van der Waals surface area contributed by atoms with Crippen molar-refractivity contribution in [2.24, 2.45) is 5.92 Å². The topological polar surface area (TPSA) is 55.8 Å². The van der Waals surface area contributed by atoms with Crippen LogP contribution in [0.1, 0.15) is 19.3 Å². The second-order valence-electron chi connectivity index (χ2n) is 4.26. The molecule has 4 nitrogen and oxygen atoms in total. The quantitative estimate of drug-likeness (QED) is 0.760. The fraction of sp³-hybridized carbons (Fsp3) is 0.462. The zero-order valence-electron chi connectivity index (χ0n) is 9.81. The summed E-state index contributed by atoms with van der Waals surface area (Å²) in [5, 5.41) is 8.94. The minimum atomic E-state index is -0.814. The Kier molecular flexibility index (Phi) is 3.64. The molecule has 0 aromatic heterocycles. The Balaban J connectivity index is 2.10. The predicted molar refractivity (Wildman–Crippen MR) is 62.2 cm³/mol. The summed E-state index contributed by atoms with van der Waals surface area (Å²) in [6.07, 6.45) is 7.97. The van der Waals surface area contributed by atoms with Gasteiger partial charge in [-0.1, -0.05) is 12.2 Å². The summed E-state index contributed by atoms with van der Waals surface area (Å²) in [6.45, 7) is 0.264. The van der Waals surface area contributed by atoms with E-state index in [1.165, 1.54) is 0 Å². The third-order valence-corrected chi connectivity index (χ3v) is 3.12. The van der Waals surface area contributed by atoms with E-state index in [4.69, 9.17) is 14.6 Å². The average molecular weight is 236 g/mol. The summed E-state index contributed by atoms with van der Waals surface area (Å²) in [5.41, 5.74) is 1.65. The second-order valence-corrected chi connectivity index (χ2v) is 4.26. The molecule has 1 atom stereocenters. The van der Waals surface area contributed by atoms with Crippen LogP contribution in [0, 0.1) is 5.92 Å². The number of aliphatic carboxylic acids is 1. The van der Waals surface area contributed by atoms with Crippen LogP contribution in [0.3, 0.4) is 0 Å². The van der Waals surface area contributed by atoms with Crippen molar-refractivity contribution < 1.29 is 19.4 Å². The lowest BCUT2D eigenvalue weighted by Crippen LogP contribution is -2.17. The highest BCUT2D eigenvalue weighted by Crippen LogP contribution is 2.35. The number of carbonyl (C=O) groups is 1. The zero-order chi connectivity index (χ0) is 12.3. The molecule has 0 radical (unpaired) electrons. The van der Waals surface area contributed by atoms with Gasteiger partial charge in [-0.25, -0.2) is 4.79 Å². The average Bonchev–Trinajstić information content (AvgIpc) is 2.35. The molecule has 2 aliphatic rings. The molecule has 92 valence electrons. The van der Waals surface area contributed by atoms with Crippen molar-refractivity contribution in [3.05, 3.63) is 35.1 Å². The number of ether oxygens (including phenoxy) is 2. The molecule has 0 bridgehead atoms.